The molecule has 6 aliphatic rings. The summed E-state index contributed by atoms with van der Waals surface area (Å²) in [6.07, 6.45) is 5.89. The van der Waals surface area contributed by atoms with Gasteiger partial charge in [0.1, 0.15) is 40.1 Å². The molecule has 0 radical (unpaired) electrons. The number of piperidine rings is 2. The summed E-state index contributed by atoms with van der Waals surface area (Å²) in [5, 5.41) is 47.9. The average molecular weight is 1190 g/mol. The summed E-state index contributed by atoms with van der Waals surface area (Å²) in [5.74, 6) is 2.36. The van der Waals surface area contributed by atoms with Gasteiger partial charge in [0.15, 0.2) is 6.79 Å². The molecule has 25 nitrogen and oxygen atoms in total. The lowest BCUT2D eigenvalue weighted by atomic mass is 9.91. The van der Waals surface area contributed by atoms with Crippen LogP contribution in [0.1, 0.15) is 129 Å². The minimum atomic E-state index is -1.09. The summed E-state index contributed by atoms with van der Waals surface area (Å²) in [4.78, 5) is 91.5. The number of rotatable bonds is 17. The second-order valence-electron chi connectivity index (χ2n) is 24.2. The Morgan fingerprint density at radius 3 is 1.67 bits per heavy atom. The summed E-state index contributed by atoms with van der Waals surface area (Å²) < 4.78 is 16.3. The first-order chi connectivity index (χ1) is 41.2. The van der Waals surface area contributed by atoms with Gasteiger partial charge in [-0.05, 0) is 131 Å². The molecular formula is C61H86N14O11. The monoisotopic (exact) mass is 1190 g/mol. The number of nitrogens with one attached hydrogen (secondary N) is 5. The highest BCUT2D eigenvalue weighted by atomic mass is 16.7. The zero-order valence-electron chi connectivity index (χ0n) is 50.5. The minimum Gasteiger partial charge on any atom is -0.508 e. The highest BCUT2D eigenvalue weighted by Gasteiger charge is 2.38. The van der Waals surface area contributed by atoms with Gasteiger partial charge >= 0.3 is 6.09 Å². The molecule has 2 aromatic carbocycles. The standard InChI is InChI=1S/C34H49N7O7.C27H37N7O4/c1-22(42)39-14-10-25(11-15-39)36-30-18-27(37-32(38-30)40-12-6-7-13-40)31(44)35-19-29(43)28-17-23-8-9-26(47-21-46-5)16-24(23)20-41(28)33(45)48-34(2,3)4;1-17(35)33-10-6-20(7-11-33)30-25-14-23(31-27(32-25)34-8-2-3-9-34)26(38)29-16-24(37)22-13-18-4-5-21(36)12-19(18)15-28-22/h8-9,16,18,25,28-29,43H,6-7,10-15,17,19-21H2,1-5H3,(H,35,44)(H,36,37,38);4-5,12,14,20,22,24,28,36-37H,2-3,6-11,13,15-16H2,1H3,(H,29,38)(H,30,31,32)/t28-,29+;22-,24+/m00/s1. The fourth-order valence-electron chi connectivity index (χ4n) is 11.8. The van der Waals surface area contributed by atoms with Gasteiger partial charge in [0.2, 0.25) is 23.7 Å². The summed E-state index contributed by atoms with van der Waals surface area (Å²) in [6.45, 7) is 15.4. The fourth-order valence-corrected chi connectivity index (χ4v) is 11.8. The Kier molecular flexibility index (Phi) is 21.0. The average Bonchev–Trinajstić information content (AvgIpc) is 3.32. The molecule has 4 atom stereocenters. The normalized spacial score (nSPS) is 19.7. The molecule has 8 heterocycles. The number of aliphatic hydroxyl groups excluding tert-OH is 2. The Balaban J connectivity index is 0.000000211. The zero-order chi connectivity index (χ0) is 61.1. The molecule has 25 heteroatoms. The van der Waals surface area contributed by atoms with Crippen LogP contribution in [0, 0.1) is 0 Å². The molecule has 4 saturated heterocycles. The van der Waals surface area contributed by atoms with Gasteiger partial charge in [0, 0.05) is 130 Å². The number of amides is 5. The number of methoxy groups -OCH3 is 1. The molecule has 10 rings (SSSR count). The predicted molar refractivity (Wildman–Crippen MR) is 322 cm³/mol. The Hall–Kier alpha value is -7.61. The van der Waals surface area contributed by atoms with Crippen molar-refractivity contribution >= 4 is 53.3 Å². The quantitative estimate of drug-likeness (QED) is 0.0695. The van der Waals surface area contributed by atoms with E-state index < -0.39 is 35.9 Å². The van der Waals surface area contributed by atoms with Crippen LogP contribution in [-0.2, 0) is 45.0 Å². The van der Waals surface area contributed by atoms with E-state index in [2.05, 4.69) is 46.4 Å². The number of carbonyl (C=O) groups excluding carboxylic acids is 5. The van der Waals surface area contributed by atoms with Crippen LogP contribution in [-0.4, -0.2) is 201 Å². The molecular weight excluding hydrogens is 1100 g/mol. The van der Waals surface area contributed by atoms with Crippen LogP contribution in [0.15, 0.2) is 48.5 Å². The van der Waals surface area contributed by atoms with Crippen molar-refractivity contribution in [2.24, 2.45) is 0 Å². The van der Waals surface area contributed by atoms with E-state index in [9.17, 15) is 39.3 Å². The first-order valence-corrected chi connectivity index (χ1v) is 30.3. The molecule has 2 aromatic heterocycles. The molecule has 0 saturated carbocycles. The summed E-state index contributed by atoms with van der Waals surface area (Å²) >= 11 is 0. The molecule has 4 fully saturated rings. The van der Waals surface area contributed by atoms with Crippen molar-refractivity contribution in [1.29, 1.82) is 0 Å². The van der Waals surface area contributed by atoms with E-state index in [1.807, 2.05) is 34.1 Å². The van der Waals surface area contributed by atoms with Crippen LogP contribution < -0.4 is 41.1 Å². The van der Waals surface area contributed by atoms with Crippen molar-refractivity contribution in [3.63, 3.8) is 0 Å². The number of carbonyl (C=O) groups is 5. The third kappa shape index (κ3) is 16.9. The third-order valence-corrected chi connectivity index (χ3v) is 16.6. The van der Waals surface area contributed by atoms with Gasteiger partial charge < -0.3 is 75.7 Å². The van der Waals surface area contributed by atoms with E-state index in [0.717, 1.165) is 99.8 Å². The SMILES string of the molecule is CC(=O)N1CCC(Nc2cc(C(=O)NC[C@@H](O)[C@@H]3Cc4ccc(O)cc4CN3)nc(N3CCCC3)n2)CC1.COCOc1ccc2c(c1)CN(C(=O)OC(C)(C)C)[C@H]([C@H](O)CNC(=O)c1cc(NC3CCN(C(C)=O)CC3)nc(N3CCCC3)n1)C2. The number of aromatic hydroxyl groups is 1. The number of benzene rings is 2. The molecule has 0 bridgehead atoms. The van der Waals surface area contributed by atoms with E-state index in [1.54, 1.807) is 66.0 Å². The summed E-state index contributed by atoms with van der Waals surface area (Å²) in [5.41, 5.74) is 3.64. The van der Waals surface area contributed by atoms with Crippen molar-refractivity contribution in [3.8, 4) is 11.5 Å². The van der Waals surface area contributed by atoms with Gasteiger partial charge in [-0.3, -0.25) is 24.1 Å². The number of phenolic OH excluding ortho intramolecular Hbond substituents is 1. The van der Waals surface area contributed by atoms with Crippen LogP contribution in [0.25, 0.3) is 0 Å². The maximum atomic E-state index is 13.6. The molecule has 0 aliphatic carbocycles. The lowest BCUT2D eigenvalue weighted by Crippen LogP contribution is -2.54. The van der Waals surface area contributed by atoms with Crippen molar-refractivity contribution in [2.75, 3.05) is 99.8 Å². The summed E-state index contributed by atoms with van der Waals surface area (Å²) in [7, 11) is 1.54. The van der Waals surface area contributed by atoms with Crippen LogP contribution in [0.3, 0.4) is 0 Å². The smallest absolute Gasteiger partial charge is 0.410 e. The van der Waals surface area contributed by atoms with Gasteiger partial charge in [-0.2, -0.15) is 9.97 Å². The highest BCUT2D eigenvalue weighted by molar-refractivity contribution is 5.94. The van der Waals surface area contributed by atoms with Gasteiger partial charge in [0.05, 0.1) is 18.2 Å². The van der Waals surface area contributed by atoms with Crippen LogP contribution >= 0.6 is 0 Å². The van der Waals surface area contributed by atoms with Gasteiger partial charge in [-0.1, -0.05) is 12.1 Å². The van der Waals surface area contributed by atoms with Crippen molar-refractivity contribution < 1.29 is 53.5 Å². The van der Waals surface area contributed by atoms with Gasteiger partial charge in [0.25, 0.3) is 11.8 Å². The second-order valence-corrected chi connectivity index (χ2v) is 24.2. The van der Waals surface area contributed by atoms with Gasteiger partial charge in [-0.15, -0.1) is 0 Å². The van der Waals surface area contributed by atoms with E-state index >= 15 is 0 Å². The van der Waals surface area contributed by atoms with E-state index in [-0.39, 0.29) is 79.4 Å². The molecule has 8 N–H and O–H groups in total. The maximum Gasteiger partial charge on any atom is 0.410 e. The fraction of sp³-hybridized carbons (Fsp3) is 0.590. The topological polar surface area (TPSA) is 302 Å². The van der Waals surface area contributed by atoms with Gasteiger partial charge in [-0.25, -0.2) is 14.8 Å². The number of aromatic nitrogens is 4. The Morgan fingerprint density at radius 1 is 0.651 bits per heavy atom. The van der Waals surface area contributed by atoms with E-state index in [1.165, 1.54) is 4.90 Å². The number of hydrogen-bond acceptors (Lipinski definition) is 20. The summed E-state index contributed by atoms with van der Waals surface area (Å²) in [6, 6.07) is 13.6. The van der Waals surface area contributed by atoms with Crippen molar-refractivity contribution in [2.45, 2.75) is 154 Å². The molecule has 466 valence electrons. The number of phenols is 1. The Labute approximate surface area is 502 Å². The zero-order valence-corrected chi connectivity index (χ0v) is 50.5. The first-order valence-electron chi connectivity index (χ1n) is 30.3. The molecule has 5 amide bonds. The number of likely N-dealkylation sites (tertiary alicyclic amines) is 2. The Bertz CT molecular complexity index is 3010. The number of aliphatic hydroxyl groups is 2. The maximum absolute atomic E-state index is 13.6. The lowest BCUT2D eigenvalue weighted by Gasteiger charge is -2.40. The highest BCUT2D eigenvalue weighted by Crippen LogP contribution is 2.31. The molecule has 4 aromatic rings. The van der Waals surface area contributed by atoms with Crippen molar-refractivity contribution in [3.05, 3.63) is 82.2 Å². The van der Waals surface area contributed by atoms with Crippen molar-refractivity contribution in [1.82, 2.24) is 50.6 Å². The predicted octanol–water partition coefficient (Wildman–Crippen LogP) is 3.95. The minimum absolute atomic E-state index is 0.0706. The van der Waals surface area contributed by atoms with E-state index in [0.29, 0.717) is 74.8 Å². The third-order valence-electron chi connectivity index (χ3n) is 16.6. The van der Waals surface area contributed by atoms with Crippen LogP contribution in [0.5, 0.6) is 11.5 Å². The second kappa shape index (κ2) is 28.7. The van der Waals surface area contributed by atoms with Crippen LogP contribution in [0.2, 0.25) is 0 Å². The van der Waals surface area contributed by atoms with Crippen LogP contribution in [0.4, 0.5) is 28.3 Å². The number of anilines is 4. The Morgan fingerprint density at radius 2 is 1.16 bits per heavy atom. The van der Waals surface area contributed by atoms with E-state index in [4.69, 9.17) is 24.2 Å². The molecule has 0 spiro atoms. The lowest BCUT2D eigenvalue weighted by molar-refractivity contribution is -0.130. The molecule has 86 heavy (non-hydrogen) atoms. The number of nitrogens with zero attached hydrogens (tertiary/aromatic N) is 9. The largest absolute Gasteiger partial charge is 0.508 e. The molecule has 0 unspecified atom stereocenters. The first kappa shape index (κ1) is 62.9. The number of hydrogen-bond donors (Lipinski definition) is 8. The molecule has 6 aliphatic heterocycles. The number of fused-ring (bicyclic) bond motifs is 2. The number of ether oxygens (including phenoxy) is 3.